The summed E-state index contributed by atoms with van der Waals surface area (Å²) >= 11 is 1.33. The first-order valence-electron chi connectivity index (χ1n) is 7.46. The number of hydrogen-bond acceptors (Lipinski definition) is 5. The van der Waals surface area contributed by atoms with Crippen LogP contribution in [0.2, 0.25) is 0 Å². The van der Waals surface area contributed by atoms with Crippen molar-refractivity contribution in [1.29, 1.82) is 0 Å². The van der Waals surface area contributed by atoms with Crippen molar-refractivity contribution in [2.24, 2.45) is 5.73 Å². The lowest BCUT2D eigenvalue weighted by Crippen LogP contribution is -2.16. The average molecular weight is 348 g/mol. The molecule has 1 heterocycles. The van der Waals surface area contributed by atoms with Crippen molar-refractivity contribution in [3.8, 4) is 11.5 Å². The van der Waals surface area contributed by atoms with Crippen LogP contribution in [0.25, 0.3) is 0 Å². The van der Waals surface area contributed by atoms with Gasteiger partial charge >= 0.3 is 0 Å². The fraction of sp³-hybridized carbons (Fsp3) is 0.294. The Bertz CT molecular complexity index is 710. The van der Waals surface area contributed by atoms with Crippen LogP contribution in [0.15, 0.2) is 30.3 Å². The number of thiophene rings is 1. The minimum Gasteiger partial charge on any atom is -0.497 e. The van der Waals surface area contributed by atoms with E-state index in [2.05, 4.69) is 5.32 Å². The molecule has 1 aromatic heterocycles. The Hall–Kier alpha value is -2.54. The largest absolute Gasteiger partial charge is 0.497 e. The van der Waals surface area contributed by atoms with Crippen LogP contribution in [0.1, 0.15) is 28.1 Å². The van der Waals surface area contributed by atoms with E-state index in [1.165, 1.54) is 11.3 Å². The molecule has 0 spiro atoms. The van der Waals surface area contributed by atoms with E-state index in [0.29, 0.717) is 30.0 Å². The lowest BCUT2D eigenvalue weighted by atomic mass is 10.2. The molecule has 2 rings (SSSR count). The Morgan fingerprint density at radius 3 is 2.50 bits per heavy atom. The Morgan fingerprint density at radius 1 is 1.21 bits per heavy atom. The van der Waals surface area contributed by atoms with Crippen molar-refractivity contribution in [2.45, 2.75) is 19.8 Å². The molecule has 2 amide bonds. The van der Waals surface area contributed by atoms with E-state index in [-0.39, 0.29) is 5.91 Å². The summed E-state index contributed by atoms with van der Waals surface area (Å²) in [6, 6.07) is 8.92. The molecule has 0 fully saturated rings. The van der Waals surface area contributed by atoms with Crippen molar-refractivity contribution in [2.75, 3.05) is 19.0 Å². The molecule has 0 saturated carbocycles. The van der Waals surface area contributed by atoms with Gasteiger partial charge < -0.3 is 20.5 Å². The zero-order valence-electron chi connectivity index (χ0n) is 13.6. The summed E-state index contributed by atoms with van der Waals surface area (Å²) in [5.41, 5.74) is 5.65. The number of hydrogen-bond donors (Lipinski definition) is 2. The SMILES string of the molecule is COc1ccc(OCCCC(=O)Nc2sc(C)cc2C(N)=O)cc1. The van der Waals surface area contributed by atoms with Crippen LogP contribution in [0.5, 0.6) is 11.5 Å². The van der Waals surface area contributed by atoms with Crippen LogP contribution < -0.4 is 20.5 Å². The van der Waals surface area contributed by atoms with Gasteiger partial charge in [-0.25, -0.2) is 0 Å². The summed E-state index contributed by atoms with van der Waals surface area (Å²) in [4.78, 5) is 24.2. The van der Waals surface area contributed by atoms with Gasteiger partial charge in [0.05, 0.1) is 19.3 Å². The number of carbonyl (C=O) groups excluding carboxylic acids is 2. The summed E-state index contributed by atoms with van der Waals surface area (Å²) in [5, 5.41) is 3.23. The van der Waals surface area contributed by atoms with Crippen molar-refractivity contribution < 1.29 is 19.1 Å². The molecule has 0 aliphatic carbocycles. The van der Waals surface area contributed by atoms with Gasteiger partial charge in [-0.2, -0.15) is 0 Å². The highest BCUT2D eigenvalue weighted by Crippen LogP contribution is 2.27. The fourth-order valence-electron chi connectivity index (χ4n) is 2.07. The van der Waals surface area contributed by atoms with Gasteiger partial charge in [-0.15, -0.1) is 11.3 Å². The predicted octanol–water partition coefficient (Wildman–Crippen LogP) is 2.96. The molecule has 0 atom stereocenters. The van der Waals surface area contributed by atoms with Crippen LogP contribution in [-0.4, -0.2) is 25.5 Å². The summed E-state index contributed by atoms with van der Waals surface area (Å²) in [7, 11) is 1.60. The van der Waals surface area contributed by atoms with E-state index in [0.717, 1.165) is 16.4 Å². The molecular formula is C17H20N2O4S. The van der Waals surface area contributed by atoms with E-state index in [1.54, 1.807) is 13.2 Å². The number of nitrogens with two attached hydrogens (primary N) is 1. The molecule has 0 bridgehead atoms. The molecule has 2 aromatic rings. The smallest absolute Gasteiger partial charge is 0.251 e. The van der Waals surface area contributed by atoms with E-state index in [4.69, 9.17) is 15.2 Å². The number of methoxy groups -OCH3 is 1. The standard InChI is InChI=1S/C17H20N2O4S/c1-11-10-14(16(18)21)17(24-11)19-15(20)4-3-9-23-13-7-5-12(22-2)6-8-13/h5-8,10H,3-4,9H2,1-2H3,(H2,18,21)(H,19,20). The van der Waals surface area contributed by atoms with Crippen LogP contribution in [0.3, 0.4) is 0 Å². The zero-order valence-corrected chi connectivity index (χ0v) is 14.4. The third kappa shape index (κ3) is 4.99. The van der Waals surface area contributed by atoms with Gasteiger partial charge in [0.2, 0.25) is 5.91 Å². The number of amides is 2. The monoisotopic (exact) mass is 348 g/mol. The summed E-state index contributed by atoms with van der Waals surface area (Å²) in [6.45, 7) is 2.28. The first kappa shape index (κ1) is 17.8. The molecule has 0 saturated heterocycles. The van der Waals surface area contributed by atoms with Crippen molar-refractivity contribution in [1.82, 2.24) is 0 Å². The second kappa shape index (κ2) is 8.35. The van der Waals surface area contributed by atoms with E-state index < -0.39 is 5.91 Å². The first-order chi connectivity index (χ1) is 11.5. The molecule has 1 aromatic carbocycles. The highest BCUT2D eigenvalue weighted by molar-refractivity contribution is 7.16. The number of rotatable bonds is 8. The van der Waals surface area contributed by atoms with E-state index in [1.807, 2.05) is 31.2 Å². The van der Waals surface area contributed by atoms with Crippen LogP contribution in [0.4, 0.5) is 5.00 Å². The fourth-order valence-corrected chi connectivity index (χ4v) is 3.01. The lowest BCUT2D eigenvalue weighted by molar-refractivity contribution is -0.116. The first-order valence-corrected chi connectivity index (χ1v) is 8.28. The molecule has 3 N–H and O–H groups in total. The molecule has 0 aliphatic heterocycles. The van der Waals surface area contributed by atoms with Gasteiger partial charge in [0, 0.05) is 11.3 Å². The highest BCUT2D eigenvalue weighted by atomic mass is 32.1. The molecule has 0 radical (unpaired) electrons. The van der Waals surface area contributed by atoms with Gasteiger partial charge in [0.25, 0.3) is 5.91 Å². The second-order valence-electron chi connectivity index (χ2n) is 5.14. The molecule has 128 valence electrons. The van der Waals surface area contributed by atoms with Gasteiger partial charge in [0.15, 0.2) is 0 Å². The number of ether oxygens (including phenoxy) is 2. The molecule has 24 heavy (non-hydrogen) atoms. The van der Waals surface area contributed by atoms with Crippen LogP contribution >= 0.6 is 11.3 Å². The van der Waals surface area contributed by atoms with E-state index in [9.17, 15) is 9.59 Å². The molecule has 6 nitrogen and oxygen atoms in total. The lowest BCUT2D eigenvalue weighted by Gasteiger charge is -2.07. The van der Waals surface area contributed by atoms with Crippen LogP contribution in [-0.2, 0) is 4.79 Å². The number of aryl methyl sites for hydroxylation is 1. The minimum absolute atomic E-state index is 0.169. The molecular weight excluding hydrogens is 328 g/mol. The second-order valence-corrected chi connectivity index (χ2v) is 6.40. The molecule has 7 heteroatoms. The van der Waals surface area contributed by atoms with Gasteiger partial charge in [-0.3, -0.25) is 9.59 Å². The maximum absolute atomic E-state index is 12.0. The topological polar surface area (TPSA) is 90.7 Å². The van der Waals surface area contributed by atoms with Crippen molar-refractivity contribution in [3.63, 3.8) is 0 Å². The highest BCUT2D eigenvalue weighted by Gasteiger charge is 2.14. The Morgan fingerprint density at radius 2 is 1.88 bits per heavy atom. The third-order valence-electron chi connectivity index (χ3n) is 3.25. The summed E-state index contributed by atoms with van der Waals surface area (Å²) < 4.78 is 10.6. The Labute approximate surface area is 144 Å². The van der Waals surface area contributed by atoms with Gasteiger partial charge in [0.1, 0.15) is 16.5 Å². The molecule has 0 aliphatic rings. The van der Waals surface area contributed by atoms with Crippen molar-refractivity contribution in [3.05, 3.63) is 40.8 Å². The maximum atomic E-state index is 12.0. The summed E-state index contributed by atoms with van der Waals surface area (Å²) in [5.74, 6) is 0.773. The van der Waals surface area contributed by atoms with Gasteiger partial charge in [-0.05, 0) is 43.7 Å². The zero-order chi connectivity index (χ0) is 17.5. The number of benzene rings is 1. The molecule has 0 unspecified atom stereocenters. The maximum Gasteiger partial charge on any atom is 0.251 e. The normalized spacial score (nSPS) is 10.2. The Balaban J connectivity index is 1.76. The van der Waals surface area contributed by atoms with Gasteiger partial charge in [-0.1, -0.05) is 0 Å². The number of carbonyl (C=O) groups is 2. The van der Waals surface area contributed by atoms with Crippen molar-refractivity contribution >= 4 is 28.2 Å². The average Bonchev–Trinajstić information content (AvgIpc) is 2.93. The predicted molar refractivity (Wildman–Crippen MR) is 93.9 cm³/mol. The minimum atomic E-state index is -0.544. The number of primary amides is 1. The Kier molecular flexibility index (Phi) is 6.20. The number of anilines is 1. The quantitative estimate of drug-likeness (QED) is 0.718. The van der Waals surface area contributed by atoms with Crippen LogP contribution in [0, 0.1) is 6.92 Å². The van der Waals surface area contributed by atoms with E-state index >= 15 is 0 Å². The summed E-state index contributed by atoms with van der Waals surface area (Å²) in [6.07, 6.45) is 0.861. The number of nitrogens with one attached hydrogen (secondary N) is 1. The third-order valence-corrected chi connectivity index (χ3v) is 4.22.